The fourth-order valence-electron chi connectivity index (χ4n) is 1.77. The van der Waals surface area contributed by atoms with Gasteiger partial charge in [-0.3, -0.25) is 0 Å². The lowest BCUT2D eigenvalue weighted by Crippen LogP contribution is -2.14. The number of phenols is 1. The Morgan fingerprint density at radius 3 is 2.40 bits per heavy atom. The highest BCUT2D eigenvalue weighted by atomic mass is 35.5. The molecule has 0 saturated carbocycles. The number of aliphatic hydroxyl groups is 1. The first-order chi connectivity index (χ1) is 9.20. The SMILES string of the molecule is Cl.N[C@H](CO)c1ccc(OCc2ccccc2)cc1O. The number of rotatable bonds is 5. The summed E-state index contributed by atoms with van der Waals surface area (Å²) in [5.41, 5.74) is 7.22. The van der Waals surface area contributed by atoms with E-state index in [0.717, 1.165) is 5.56 Å². The topological polar surface area (TPSA) is 75.7 Å². The van der Waals surface area contributed by atoms with E-state index in [2.05, 4.69) is 0 Å². The van der Waals surface area contributed by atoms with Crippen LogP contribution in [0.25, 0.3) is 0 Å². The van der Waals surface area contributed by atoms with Gasteiger partial charge in [0.25, 0.3) is 0 Å². The van der Waals surface area contributed by atoms with E-state index in [9.17, 15) is 5.11 Å². The van der Waals surface area contributed by atoms with Crippen molar-refractivity contribution in [1.82, 2.24) is 0 Å². The van der Waals surface area contributed by atoms with Gasteiger partial charge in [-0.15, -0.1) is 12.4 Å². The van der Waals surface area contributed by atoms with Gasteiger partial charge in [0.1, 0.15) is 18.1 Å². The second kappa shape index (κ2) is 7.75. The van der Waals surface area contributed by atoms with Crippen LogP contribution in [0, 0.1) is 0 Å². The Kier molecular flexibility index (Phi) is 6.31. The van der Waals surface area contributed by atoms with Gasteiger partial charge < -0.3 is 20.7 Å². The highest BCUT2D eigenvalue weighted by Gasteiger charge is 2.10. The zero-order chi connectivity index (χ0) is 13.7. The highest BCUT2D eigenvalue weighted by molar-refractivity contribution is 5.85. The van der Waals surface area contributed by atoms with Gasteiger partial charge in [-0.05, 0) is 17.7 Å². The van der Waals surface area contributed by atoms with Crippen LogP contribution in [0.15, 0.2) is 48.5 Å². The first-order valence-corrected chi connectivity index (χ1v) is 6.07. The van der Waals surface area contributed by atoms with Gasteiger partial charge >= 0.3 is 0 Å². The molecule has 0 fully saturated rings. The minimum absolute atomic E-state index is 0. The van der Waals surface area contributed by atoms with E-state index < -0.39 is 6.04 Å². The number of benzene rings is 2. The van der Waals surface area contributed by atoms with Crippen LogP contribution in [0.3, 0.4) is 0 Å². The molecule has 2 aromatic carbocycles. The summed E-state index contributed by atoms with van der Waals surface area (Å²) in [5, 5.41) is 18.8. The summed E-state index contributed by atoms with van der Waals surface area (Å²) in [4.78, 5) is 0. The van der Waals surface area contributed by atoms with E-state index >= 15 is 0 Å². The third-order valence-electron chi connectivity index (χ3n) is 2.85. The lowest BCUT2D eigenvalue weighted by atomic mass is 10.1. The number of aromatic hydroxyl groups is 1. The van der Waals surface area contributed by atoms with Crippen LogP contribution < -0.4 is 10.5 Å². The van der Waals surface area contributed by atoms with Crippen LogP contribution in [-0.2, 0) is 6.61 Å². The number of hydrogen-bond acceptors (Lipinski definition) is 4. The largest absolute Gasteiger partial charge is 0.507 e. The number of nitrogens with two attached hydrogens (primary N) is 1. The molecule has 108 valence electrons. The molecule has 0 saturated heterocycles. The predicted molar refractivity (Wildman–Crippen MR) is 80.1 cm³/mol. The molecule has 0 unspecified atom stereocenters. The van der Waals surface area contributed by atoms with Crippen LogP contribution in [0.5, 0.6) is 11.5 Å². The van der Waals surface area contributed by atoms with Crippen LogP contribution in [0.4, 0.5) is 0 Å². The van der Waals surface area contributed by atoms with Crippen molar-refractivity contribution in [1.29, 1.82) is 0 Å². The van der Waals surface area contributed by atoms with Crippen LogP contribution in [-0.4, -0.2) is 16.8 Å². The summed E-state index contributed by atoms with van der Waals surface area (Å²) >= 11 is 0. The molecule has 0 spiro atoms. The van der Waals surface area contributed by atoms with Gasteiger partial charge in [0, 0.05) is 11.6 Å². The van der Waals surface area contributed by atoms with E-state index in [-0.39, 0.29) is 24.8 Å². The van der Waals surface area contributed by atoms with Gasteiger partial charge in [-0.1, -0.05) is 30.3 Å². The lowest BCUT2D eigenvalue weighted by molar-refractivity contribution is 0.264. The Morgan fingerprint density at radius 2 is 1.80 bits per heavy atom. The quantitative estimate of drug-likeness (QED) is 0.791. The summed E-state index contributed by atoms with van der Waals surface area (Å²) in [7, 11) is 0. The number of hydrogen-bond donors (Lipinski definition) is 3. The first-order valence-electron chi connectivity index (χ1n) is 6.07. The predicted octanol–water partition coefficient (Wildman–Crippen LogP) is 2.39. The van der Waals surface area contributed by atoms with Gasteiger partial charge in [0.15, 0.2) is 0 Å². The minimum Gasteiger partial charge on any atom is -0.507 e. The fraction of sp³-hybridized carbons (Fsp3) is 0.200. The van der Waals surface area contributed by atoms with Gasteiger partial charge in [-0.2, -0.15) is 0 Å². The summed E-state index contributed by atoms with van der Waals surface area (Å²) in [6.07, 6.45) is 0. The monoisotopic (exact) mass is 295 g/mol. The van der Waals surface area contributed by atoms with E-state index in [1.165, 1.54) is 6.07 Å². The second-order valence-electron chi connectivity index (χ2n) is 4.28. The molecule has 0 amide bonds. The third kappa shape index (κ3) is 4.13. The highest BCUT2D eigenvalue weighted by Crippen LogP contribution is 2.27. The second-order valence-corrected chi connectivity index (χ2v) is 4.28. The number of aliphatic hydroxyl groups excluding tert-OH is 1. The van der Waals surface area contributed by atoms with Crippen LogP contribution in [0.1, 0.15) is 17.2 Å². The number of ether oxygens (including phenoxy) is 1. The molecule has 0 aliphatic carbocycles. The molecule has 2 aromatic rings. The van der Waals surface area contributed by atoms with Gasteiger partial charge in [-0.25, -0.2) is 0 Å². The maximum Gasteiger partial charge on any atom is 0.124 e. The Morgan fingerprint density at radius 1 is 1.10 bits per heavy atom. The minimum atomic E-state index is -0.580. The summed E-state index contributed by atoms with van der Waals surface area (Å²) in [5.74, 6) is 0.599. The molecule has 0 aliphatic heterocycles. The molecular formula is C15H18ClNO3. The van der Waals surface area contributed by atoms with Crippen LogP contribution in [0.2, 0.25) is 0 Å². The molecule has 5 heteroatoms. The van der Waals surface area contributed by atoms with E-state index in [1.54, 1.807) is 12.1 Å². The molecule has 20 heavy (non-hydrogen) atoms. The number of phenolic OH excluding ortho intramolecular Hbond substituents is 1. The van der Waals surface area contributed by atoms with Crippen molar-refractivity contribution < 1.29 is 14.9 Å². The zero-order valence-corrected chi connectivity index (χ0v) is 11.7. The van der Waals surface area contributed by atoms with E-state index in [4.69, 9.17) is 15.6 Å². The average Bonchev–Trinajstić information content (AvgIpc) is 2.45. The Labute approximate surface area is 124 Å². The lowest BCUT2D eigenvalue weighted by Gasteiger charge is -2.12. The normalized spacial score (nSPS) is 11.5. The summed E-state index contributed by atoms with van der Waals surface area (Å²) < 4.78 is 5.58. The fourth-order valence-corrected chi connectivity index (χ4v) is 1.77. The molecule has 4 N–H and O–H groups in total. The van der Waals surface area contributed by atoms with Crippen molar-refractivity contribution in [2.24, 2.45) is 5.73 Å². The Hall–Kier alpha value is -1.75. The molecule has 1 atom stereocenters. The van der Waals surface area contributed by atoms with E-state index in [0.29, 0.717) is 17.9 Å². The molecule has 2 rings (SSSR count). The van der Waals surface area contributed by atoms with Gasteiger partial charge in [0.05, 0.1) is 12.6 Å². The maximum absolute atomic E-state index is 9.82. The average molecular weight is 296 g/mol. The van der Waals surface area contributed by atoms with Crippen molar-refractivity contribution >= 4 is 12.4 Å². The van der Waals surface area contributed by atoms with Crippen LogP contribution >= 0.6 is 12.4 Å². The maximum atomic E-state index is 9.82. The van der Waals surface area contributed by atoms with Gasteiger partial charge in [0.2, 0.25) is 0 Å². The standard InChI is InChI=1S/C15H17NO3.ClH/c16-14(9-17)13-7-6-12(8-15(13)18)19-10-11-4-2-1-3-5-11;/h1-8,14,17-18H,9-10,16H2;1H/t14-;/m1./s1. The first kappa shape index (κ1) is 16.3. The molecule has 0 aliphatic rings. The summed E-state index contributed by atoms with van der Waals surface area (Å²) in [6.45, 7) is 0.226. The Balaban J connectivity index is 0.00000200. The zero-order valence-electron chi connectivity index (χ0n) is 10.9. The molecular weight excluding hydrogens is 278 g/mol. The number of halogens is 1. The molecule has 0 aromatic heterocycles. The summed E-state index contributed by atoms with van der Waals surface area (Å²) in [6, 6.07) is 14.1. The van der Waals surface area contributed by atoms with Crippen molar-refractivity contribution in [3.8, 4) is 11.5 Å². The van der Waals surface area contributed by atoms with E-state index in [1.807, 2.05) is 30.3 Å². The molecule has 0 radical (unpaired) electrons. The molecule has 0 bridgehead atoms. The molecule has 0 heterocycles. The van der Waals surface area contributed by atoms with Crippen molar-refractivity contribution in [3.63, 3.8) is 0 Å². The smallest absolute Gasteiger partial charge is 0.124 e. The van der Waals surface area contributed by atoms with Crippen molar-refractivity contribution in [3.05, 3.63) is 59.7 Å². The molecule has 4 nitrogen and oxygen atoms in total. The Bertz CT molecular complexity index is 534. The third-order valence-corrected chi connectivity index (χ3v) is 2.85. The van der Waals surface area contributed by atoms with Crippen molar-refractivity contribution in [2.45, 2.75) is 12.6 Å². The van der Waals surface area contributed by atoms with Crippen molar-refractivity contribution in [2.75, 3.05) is 6.61 Å².